The lowest BCUT2D eigenvalue weighted by Gasteiger charge is -2.16. The molecule has 1 aromatic rings. The minimum atomic E-state index is -3.18. The average Bonchev–Trinajstić information content (AvgIpc) is 3.01. The summed E-state index contributed by atoms with van der Waals surface area (Å²) in [4.78, 5) is 10.2. The zero-order valence-electron chi connectivity index (χ0n) is 9.99. The Kier molecular flexibility index (Phi) is 2.95. The third kappa shape index (κ3) is 2.46. The summed E-state index contributed by atoms with van der Waals surface area (Å²) in [5.74, 6) is 0.613. The summed E-state index contributed by atoms with van der Waals surface area (Å²) in [5, 5.41) is -0.345. The number of hydrogen-bond donors (Lipinski definition) is 1. The minimum Gasteiger partial charge on any atom is -0.339 e. The molecule has 7 heteroatoms. The Hall–Kier alpha value is -1.21. The zero-order valence-corrected chi connectivity index (χ0v) is 10.8. The summed E-state index contributed by atoms with van der Waals surface area (Å²) in [6, 6.07) is 1.93. The Balaban J connectivity index is 1.68. The van der Waals surface area contributed by atoms with Gasteiger partial charge < -0.3 is 4.90 Å². The Morgan fingerprint density at radius 3 is 2.61 bits per heavy atom. The van der Waals surface area contributed by atoms with Crippen molar-refractivity contribution >= 4 is 16.0 Å². The normalized spacial score (nSPS) is 24.4. The fourth-order valence-corrected chi connectivity index (χ4v) is 3.83. The van der Waals surface area contributed by atoms with Crippen molar-refractivity contribution < 1.29 is 8.42 Å². The van der Waals surface area contributed by atoms with E-state index in [1.54, 1.807) is 18.5 Å². The van der Waals surface area contributed by atoms with E-state index in [4.69, 9.17) is 0 Å². The number of rotatable bonds is 4. The van der Waals surface area contributed by atoms with Crippen LogP contribution in [0.2, 0.25) is 0 Å². The van der Waals surface area contributed by atoms with Crippen molar-refractivity contribution in [2.24, 2.45) is 0 Å². The van der Waals surface area contributed by atoms with Gasteiger partial charge >= 0.3 is 0 Å². The molecule has 0 bridgehead atoms. The first-order valence-electron chi connectivity index (χ1n) is 6.18. The molecular weight excluding hydrogens is 252 g/mol. The molecule has 1 aromatic heterocycles. The summed E-state index contributed by atoms with van der Waals surface area (Å²) in [5.41, 5.74) is 0. The highest BCUT2D eigenvalue weighted by Gasteiger charge is 2.37. The monoisotopic (exact) mass is 268 g/mol. The van der Waals surface area contributed by atoms with E-state index in [1.807, 2.05) is 4.90 Å². The fourth-order valence-electron chi connectivity index (χ4n) is 2.15. The number of sulfonamides is 1. The number of hydrogen-bond acceptors (Lipinski definition) is 5. The van der Waals surface area contributed by atoms with Crippen LogP contribution in [-0.4, -0.2) is 42.8 Å². The Morgan fingerprint density at radius 1 is 1.22 bits per heavy atom. The van der Waals surface area contributed by atoms with Crippen molar-refractivity contribution in [3.8, 4) is 0 Å². The van der Waals surface area contributed by atoms with E-state index < -0.39 is 10.0 Å². The van der Waals surface area contributed by atoms with Crippen molar-refractivity contribution in [1.82, 2.24) is 14.7 Å². The van der Waals surface area contributed by atoms with Gasteiger partial charge in [-0.1, -0.05) is 0 Å². The Labute approximate surface area is 106 Å². The first kappa shape index (κ1) is 11.9. The predicted molar refractivity (Wildman–Crippen MR) is 67.7 cm³/mol. The molecule has 2 heterocycles. The van der Waals surface area contributed by atoms with E-state index in [0.717, 1.165) is 12.8 Å². The van der Waals surface area contributed by atoms with Crippen molar-refractivity contribution in [2.45, 2.75) is 30.6 Å². The Morgan fingerprint density at radius 2 is 1.94 bits per heavy atom. The third-order valence-electron chi connectivity index (χ3n) is 3.33. The van der Waals surface area contributed by atoms with Gasteiger partial charge in [-0.05, 0) is 25.3 Å². The number of aromatic nitrogens is 2. The Bertz CT molecular complexity index is 515. The van der Waals surface area contributed by atoms with Crippen LogP contribution in [0, 0.1) is 0 Å². The van der Waals surface area contributed by atoms with Gasteiger partial charge in [0.2, 0.25) is 16.0 Å². The van der Waals surface area contributed by atoms with Crippen LogP contribution in [0.15, 0.2) is 18.5 Å². The average molecular weight is 268 g/mol. The van der Waals surface area contributed by atoms with Gasteiger partial charge in [-0.3, -0.25) is 0 Å². The molecule has 6 nitrogen and oxygen atoms in total. The summed E-state index contributed by atoms with van der Waals surface area (Å²) >= 11 is 0. The summed E-state index contributed by atoms with van der Waals surface area (Å²) in [7, 11) is -3.18. The summed E-state index contributed by atoms with van der Waals surface area (Å²) in [6.07, 6.45) is 5.93. The molecule has 1 N–H and O–H groups in total. The molecule has 0 amide bonds. The number of nitrogens with one attached hydrogen (secondary N) is 1. The maximum absolute atomic E-state index is 12.1. The molecule has 0 radical (unpaired) electrons. The number of nitrogens with zero attached hydrogens (tertiary/aromatic N) is 3. The lowest BCUT2D eigenvalue weighted by molar-refractivity contribution is 0.568. The van der Waals surface area contributed by atoms with Gasteiger partial charge in [-0.15, -0.1) is 0 Å². The topological polar surface area (TPSA) is 75.2 Å². The highest BCUT2D eigenvalue weighted by molar-refractivity contribution is 7.90. The quantitative estimate of drug-likeness (QED) is 0.840. The van der Waals surface area contributed by atoms with Gasteiger partial charge in [-0.25, -0.2) is 23.1 Å². The van der Waals surface area contributed by atoms with Gasteiger partial charge in [0.25, 0.3) is 0 Å². The van der Waals surface area contributed by atoms with Crippen molar-refractivity contribution in [1.29, 1.82) is 0 Å². The van der Waals surface area contributed by atoms with Gasteiger partial charge in [0.15, 0.2) is 0 Å². The molecule has 1 aliphatic carbocycles. The SMILES string of the molecule is O=S(=O)(NC1CC1)[C@@H]1CCN(c2ncccn2)C1. The van der Waals surface area contributed by atoms with E-state index in [9.17, 15) is 8.42 Å². The maximum Gasteiger partial charge on any atom is 0.225 e. The second-order valence-corrected chi connectivity index (χ2v) is 6.84. The first-order valence-corrected chi connectivity index (χ1v) is 7.73. The van der Waals surface area contributed by atoms with Gasteiger partial charge in [0, 0.05) is 31.5 Å². The first-order chi connectivity index (χ1) is 8.65. The van der Waals surface area contributed by atoms with Crippen LogP contribution in [0.25, 0.3) is 0 Å². The lowest BCUT2D eigenvalue weighted by Crippen LogP contribution is -2.37. The molecular formula is C11H16N4O2S. The van der Waals surface area contributed by atoms with Crippen molar-refractivity contribution in [3.63, 3.8) is 0 Å². The van der Waals surface area contributed by atoms with E-state index in [2.05, 4.69) is 14.7 Å². The second kappa shape index (κ2) is 4.47. The fraction of sp³-hybridized carbons (Fsp3) is 0.636. The van der Waals surface area contributed by atoms with Crippen LogP contribution >= 0.6 is 0 Å². The van der Waals surface area contributed by atoms with Crippen LogP contribution in [0.5, 0.6) is 0 Å². The molecule has 1 aliphatic heterocycles. The second-order valence-electron chi connectivity index (χ2n) is 4.84. The van der Waals surface area contributed by atoms with Crippen molar-refractivity contribution in [3.05, 3.63) is 18.5 Å². The molecule has 2 fully saturated rings. The van der Waals surface area contributed by atoms with E-state index in [-0.39, 0.29) is 11.3 Å². The van der Waals surface area contributed by atoms with Crippen LogP contribution in [0.4, 0.5) is 5.95 Å². The molecule has 1 saturated heterocycles. The molecule has 18 heavy (non-hydrogen) atoms. The van der Waals surface area contributed by atoms with Crippen LogP contribution in [0.1, 0.15) is 19.3 Å². The molecule has 0 unspecified atom stereocenters. The molecule has 0 aromatic carbocycles. The lowest BCUT2D eigenvalue weighted by atomic mass is 10.4. The molecule has 3 rings (SSSR count). The predicted octanol–water partition coefficient (Wildman–Crippen LogP) is 0.137. The number of anilines is 1. The minimum absolute atomic E-state index is 0.178. The van der Waals surface area contributed by atoms with E-state index in [1.165, 1.54) is 0 Å². The molecule has 0 spiro atoms. The smallest absolute Gasteiger partial charge is 0.225 e. The molecule has 1 saturated carbocycles. The van der Waals surface area contributed by atoms with Gasteiger partial charge in [0.1, 0.15) is 0 Å². The maximum atomic E-state index is 12.1. The standard InChI is InChI=1S/C11H16N4O2S/c16-18(17,14-9-2-3-9)10-4-7-15(8-10)11-12-5-1-6-13-11/h1,5-6,9-10,14H,2-4,7-8H2/t10-/m1/s1. The molecule has 1 atom stereocenters. The van der Waals surface area contributed by atoms with Crippen molar-refractivity contribution in [2.75, 3.05) is 18.0 Å². The van der Waals surface area contributed by atoms with Crippen LogP contribution in [0.3, 0.4) is 0 Å². The zero-order chi connectivity index (χ0) is 12.6. The molecule has 2 aliphatic rings. The largest absolute Gasteiger partial charge is 0.339 e. The highest BCUT2D eigenvalue weighted by atomic mass is 32.2. The van der Waals surface area contributed by atoms with E-state index >= 15 is 0 Å². The third-order valence-corrected chi connectivity index (χ3v) is 5.25. The molecule has 98 valence electrons. The summed E-state index contributed by atoms with van der Waals surface area (Å²) < 4.78 is 26.9. The van der Waals surface area contributed by atoms with E-state index in [0.29, 0.717) is 25.5 Å². The van der Waals surface area contributed by atoms with Gasteiger partial charge in [-0.2, -0.15) is 0 Å². The van der Waals surface area contributed by atoms with Crippen LogP contribution < -0.4 is 9.62 Å². The summed E-state index contributed by atoms with van der Waals surface area (Å²) in [6.45, 7) is 1.17. The van der Waals surface area contributed by atoms with Crippen LogP contribution in [-0.2, 0) is 10.0 Å². The highest BCUT2D eigenvalue weighted by Crippen LogP contribution is 2.24. The van der Waals surface area contributed by atoms with Gasteiger partial charge in [0.05, 0.1) is 5.25 Å².